The van der Waals surface area contributed by atoms with E-state index in [9.17, 15) is 14.4 Å². The molecule has 160 valence electrons. The van der Waals surface area contributed by atoms with Crippen molar-refractivity contribution in [1.29, 1.82) is 0 Å². The maximum atomic E-state index is 13.5. The maximum Gasteiger partial charge on any atom is 0.248 e. The van der Waals surface area contributed by atoms with Gasteiger partial charge in [0.25, 0.3) is 0 Å². The molecule has 5 rings (SSSR count). The van der Waals surface area contributed by atoms with E-state index in [1.807, 2.05) is 62.4 Å². The molecule has 2 saturated carbocycles. The van der Waals surface area contributed by atoms with Crippen molar-refractivity contribution < 1.29 is 14.4 Å². The van der Waals surface area contributed by atoms with Crippen LogP contribution in [0.4, 0.5) is 5.69 Å². The van der Waals surface area contributed by atoms with Gasteiger partial charge >= 0.3 is 0 Å². The van der Waals surface area contributed by atoms with E-state index in [0.717, 1.165) is 41.6 Å². The van der Waals surface area contributed by atoms with Crippen molar-refractivity contribution in [2.75, 3.05) is 5.32 Å². The number of likely N-dealkylation sites (tertiary alicyclic amines) is 1. The van der Waals surface area contributed by atoms with Gasteiger partial charge in [-0.1, -0.05) is 48.5 Å². The first-order valence-electron chi connectivity index (χ1n) is 11.2. The molecule has 1 heterocycles. The van der Waals surface area contributed by atoms with E-state index in [4.69, 9.17) is 0 Å². The van der Waals surface area contributed by atoms with Gasteiger partial charge in [-0.3, -0.25) is 19.3 Å². The fraction of sp³-hybridized carbons (Fsp3) is 0.423. The van der Waals surface area contributed by atoms with Gasteiger partial charge in [-0.15, -0.1) is 0 Å². The van der Waals surface area contributed by atoms with Gasteiger partial charge in [0.15, 0.2) is 0 Å². The van der Waals surface area contributed by atoms with Crippen LogP contribution in [-0.2, 0) is 20.8 Å². The molecule has 0 aromatic heterocycles. The van der Waals surface area contributed by atoms with Crippen molar-refractivity contribution in [3.05, 3.63) is 65.2 Å². The third-order valence-corrected chi connectivity index (χ3v) is 7.58. The summed E-state index contributed by atoms with van der Waals surface area (Å²) < 4.78 is 0. The molecule has 2 aromatic carbocycles. The van der Waals surface area contributed by atoms with Crippen molar-refractivity contribution in [2.45, 2.75) is 45.6 Å². The number of rotatable bonds is 5. The minimum atomic E-state index is -0.841. The smallest absolute Gasteiger partial charge is 0.248 e. The minimum Gasteiger partial charge on any atom is -0.324 e. The SMILES string of the molecule is Cc1cccc(C)c1NC(=O)[C@H](Cc1ccccc1)N1C(=O)[C@@H]2[C@@H]3CC[C@@H](C3)[C@@H]2C1=O. The molecule has 0 spiro atoms. The molecular formula is C26H28N2O3. The van der Waals surface area contributed by atoms with Gasteiger partial charge in [0.1, 0.15) is 6.04 Å². The molecule has 2 aromatic rings. The van der Waals surface area contributed by atoms with Crippen LogP contribution in [0.1, 0.15) is 36.0 Å². The summed E-state index contributed by atoms with van der Waals surface area (Å²) in [6.45, 7) is 3.89. The Morgan fingerprint density at radius 1 is 0.935 bits per heavy atom. The van der Waals surface area contributed by atoms with Crippen molar-refractivity contribution in [1.82, 2.24) is 4.90 Å². The molecule has 5 nitrogen and oxygen atoms in total. The molecule has 0 unspecified atom stereocenters. The molecule has 1 N–H and O–H groups in total. The van der Waals surface area contributed by atoms with Crippen LogP contribution >= 0.6 is 0 Å². The molecule has 3 aliphatic rings. The second-order valence-electron chi connectivity index (χ2n) is 9.39. The number of para-hydroxylation sites is 1. The van der Waals surface area contributed by atoms with E-state index in [1.165, 1.54) is 4.90 Å². The Morgan fingerprint density at radius 2 is 1.52 bits per heavy atom. The molecule has 5 atom stereocenters. The highest BCUT2D eigenvalue weighted by atomic mass is 16.2. The lowest BCUT2D eigenvalue weighted by Crippen LogP contribution is -2.49. The summed E-state index contributed by atoms with van der Waals surface area (Å²) in [6.07, 6.45) is 3.36. The van der Waals surface area contributed by atoms with Crippen molar-refractivity contribution in [3.8, 4) is 0 Å². The maximum absolute atomic E-state index is 13.5. The van der Waals surface area contributed by atoms with Crippen LogP contribution in [0.3, 0.4) is 0 Å². The van der Waals surface area contributed by atoms with Gasteiger partial charge in [-0.05, 0) is 61.6 Å². The zero-order chi connectivity index (χ0) is 21.7. The van der Waals surface area contributed by atoms with Gasteiger partial charge in [0.05, 0.1) is 11.8 Å². The second kappa shape index (κ2) is 7.63. The molecule has 1 saturated heterocycles. The predicted octanol–water partition coefficient (Wildman–Crippen LogP) is 3.88. The number of hydrogen-bond acceptors (Lipinski definition) is 3. The van der Waals surface area contributed by atoms with Crippen LogP contribution in [0.5, 0.6) is 0 Å². The summed E-state index contributed by atoms with van der Waals surface area (Å²) in [6, 6.07) is 14.6. The van der Waals surface area contributed by atoms with Gasteiger partial charge in [-0.25, -0.2) is 0 Å². The number of amides is 3. The molecule has 2 bridgehead atoms. The van der Waals surface area contributed by atoms with E-state index in [2.05, 4.69) is 5.32 Å². The lowest BCUT2D eigenvalue weighted by atomic mass is 9.81. The Labute approximate surface area is 182 Å². The molecule has 3 fully saturated rings. The van der Waals surface area contributed by atoms with E-state index in [-0.39, 0.29) is 29.6 Å². The van der Waals surface area contributed by atoms with Crippen LogP contribution in [-0.4, -0.2) is 28.7 Å². The van der Waals surface area contributed by atoms with Gasteiger partial charge in [-0.2, -0.15) is 0 Å². The largest absolute Gasteiger partial charge is 0.324 e. The molecule has 2 aliphatic carbocycles. The van der Waals surface area contributed by atoms with E-state index < -0.39 is 6.04 Å². The first kappa shape index (κ1) is 20.0. The first-order chi connectivity index (χ1) is 15.0. The fourth-order valence-corrected chi connectivity index (χ4v) is 6.10. The highest BCUT2D eigenvalue weighted by Crippen LogP contribution is 2.56. The average molecular weight is 417 g/mol. The Kier molecular flexibility index (Phi) is 4.92. The number of nitrogens with one attached hydrogen (secondary N) is 1. The summed E-state index contributed by atoms with van der Waals surface area (Å²) in [7, 11) is 0. The van der Waals surface area contributed by atoms with Gasteiger partial charge < -0.3 is 5.32 Å². The third-order valence-electron chi connectivity index (χ3n) is 7.58. The number of benzene rings is 2. The number of carbonyl (C=O) groups is 3. The molecule has 5 heteroatoms. The average Bonchev–Trinajstić information content (AvgIpc) is 3.44. The lowest BCUT2D eigenvalue weighted by molar-refractivity contribution is -0.147. The third kappa shape index (κ3) is 3.27. The van der Waals surface area contributed by atoms with Crippen LogP contribution in [0.15, 0.2) is 48.5 Å². The lowest BCUT2D eigenvalue weighted by Gasteiger charge is -2.27. The highest BCUT2D eigenvalue weighted by Gasteiger charge is 2.62. The van der Waals surface area contributed by atoms with Crippen LogP contribution < -0.4 is 5.32 Å². The summed E-state index contributed by atoms with van der Waals surface area (Å²) >= 11 is 0. The Bertz CT molecular complexity index is 1000. The monoisotopic (exact) mass is 416 g/mol. The number of carbonyl (C=O) groups excluding carboxylic acids is 3. The number of hydrogen-bond donors (Lipinski definition) is 1. The summed E-state index contributed by atoms with van der Waals surface area (Å²) in [5.41, 5.74) is 3.61. The van der Waals surface area contributed by atoms with Crippen LogP contribution in [0.2, 0.25) is 0 Å². The first-order valence-corrected chi connectivity index (χ1v) is 11.2. The zero-order valence-corrected chi connectivity index (χ0v) is 18.0. The van der Waals surface area contributed by atoms with Crippen LogP contribution in [0, 0.1) is 37.5 Å². The van der Waals surface area contributed by atoms with E-state index in [1.54, 1.807) is 0 Å². The van der Waals surface area contributed by atoms with E-state index in [0.29, 0.717) is 18.3 Å². The number of aryl methyl sites for hydroxylation is 2. The number of nitrogens with zero attached hydrogens (tertiary/aromatic N) is 1. The molecule has 1 aliphatic heterocycles. The van der Waals surface area contributed by atoms with Crippen molar-refractivity contribution in [2.24, 2.45) is 23.7 Å². The van der Waals surface area contributed by atoms with Crippen molar-refractivity contribution in [3.63, 3.8) is 0 Å². The predicted molar refractivity (Wildman–Crippen MR) is 118 cm³/mol. The number of imide groups is 1. The topological polar surface area (TPSA) is 66.5 Å². The fourth-order valence-electron chi connectivity index (χ4n) is 6.10. The Balaban J connectivity index is 1.48. The minimum absolute atomic E-state index is 0.139. The van der Waals surface area contributed by atoms with Gasteiger partial charge in [0.2, 0.25) is 17.7 Å². The molecule has 31 heavy (non-hydrogen) atoms. The zero-order valence-electron chi connectivity index (χ0n) is 18.0. The van der Waals surface area contributed by atoms with Crippen molar-refractivity contribution >= 4 is 23.4 Å². The number of anilines is 1. The molecule has 0 radical (unpaired) electrons. The molecular weight excluding hydrogens is 388 g/mol. The highest BCUT2D eigenvalue weighted by molar-refractivity contribution is 6.10. The summed E-state index contributed by atoms with van der Waals surface area (Å²) in [5.74, 6) is -0.420. The normalized spacial score (nSPS) is 27.5. The van der Waals surface area contributed by atoms with Gasteiger partial charge in [0, 0.05) is 12.1 Å². The quantitative estimate of drug-likeness (QED) is 0.752. The van der Waals surface area contributed by atoms with Crippen LogP contribution in [0.25, 0.3) is 0 Å². The number of fused-ring (bicyclic) bond motifs is 5. The summed E-state index contributed by atoms with van der Waals surface area (Å²) in [5, 5.41) is 3.04. The Hall–Kier alpha value is -2.95. The molecule has 3 amide bonds. The Morgan fingerprint density at radius 3 is 2.10 bits per heavy atom. The second-order valence-corrected chi connectivity index (χ2v) is 9.39. The standard InChI is InChI=1S/C26H28N2O3/c1-15-7-6-8-16(2)23(15)27-24(29)20(13-17-9-4-3-5-10-17)28-25(30)21-18-11-12-19(14-18)22(21)26(28)31/h3-10,18-22H,11-14H2,1-2H3,(H,27,29)/t18-,19+,20-,21-,22+/m0/s1. The summed E-state index contributed by atoms with van der Waals surface area (Å²) in [4.78, 5) is 41.7. The van der Waals surface area contributed by atoms with E-state index >= 15 is 0 Å².